The minimum Gasteiger partial charge on any atom is -0.369 e. The van der Waals surface area contributed by atoms with Crippen molar-refractivity contribution < 1.29 is 9.13 Å². The van der Waals surface area contributed by atoms with Crippen LogP contribution in [0.25, 0.3) is 0 Å². The molecule has 0 spiro atoms. The van der Waals surface area contributed by atoms with Gasteiger partial charge in [0.15, 0.2) is 0 Å². The Morgan fingerprint density at radius 1 is 1.56 bits per heavy atom. The first kappa shape index (κ1) is 13.4. The second-order valence-corrected chi connectivity index (χ2v) is 5.39. The monoisotopic (exact) mass is 252 g/mol. The molecule has 2 unspecified atom stereocenters. The number of rotatable bonds is 4. The number of nitrogens with zero attached hydrogens (tertiary/aromatic N) is 1. The van der Waals surface area contributed by atoms with E-state index in [9.17, 15) is 4.39 Å². The molecule has 0 amide bonds. The molecule has 4 heteroatoms. The zero-order chi connectivity index (χ0) is 13.0. The van der Waals surface area contributed by atoms with E-state index >= 15 is 0 Å². The molecule has 0 radical (unpaired) electrons. The van der Waals surface area contributed by atoms with Gasteiger partial charge in [-0.3, -0.25) is 4.98 Å². The first-order valence-electron chi connectivity index (χ1n) is 6.57. The van der Waals surface area contributed by atoms with Crippen molar-refractivity contribution >= 4 is 0 Å². The normalized spacial score (nSPS) is 28.3. The van der Waals surface area contributed by atoms with Crippen LogP contribution in [0.5, 0.6) is 0 Å². The van der Waals surface area contributed by atoms with Gasteiger partial charge < -0.3 is 10.5 Å². The van der Waals surface area contributed by atoms with E-state index in [1.807, 2.05) is 0 Å². The number of aromatic nitrogens is 1. The van der Waals surface area contributed by atoms with Crippen LogP contribution in [0.3, 0.4) is 0 Å². The van der Waals surface area contributed by atoms with Gasteiger partial charge in [-0.05, 0) is 30.4 Å². The van der Waals surface area contributed by atoms with Crippen molar-refractivity contribution in [3.63, 3.8) is 0 Å². The second kappa shape index (κ2) is 5.76. The summed E-state index contributed by atoms with van der Waals surface area (Å²) in [6.07, 6.45) is 7.22. The quantitative estimate of drug-likeness (QED) is 0.896. The summed E-state index contributed by atoms with van der Waals surface area (Å²) in [4.78, 5) is 3.83. The number of ether oxygens (including phenoxy) is 1. The van der Waals surface area contributed by atoms with Gasteiger partial charge in [-0.25, -0.2) is 4.39 Å². The Balaban J connectivity index is 1.98. The molecule has 1 aromatic heterocycles. The van der Waals surface area contributed by atoms with Gasteiger partial charge >= 0.3 is 0 Å². The van der Waals surface area contributed by atoms with Crippen LogP contribution in [0.2, 0.25) is 0 Å². The van der Waals surface area contributed by atoms with Crippen molar-refractivity contribution in [2.24, 2.45) is 11.7 Å². The molecular formula is C14H21FN2O. The summed E-state index contributed by atoms with van der Waals surface area (Å²) in [6, 6.07) is 1.46. The molecule has 1 fully saturated rings. The second-order valence-electron chi connectivity index (χ2n) is 5.39. The van der Waals surface area contributed by atoms with Gasteiger partial charge in [0.1, 0.15) is 5.82 Å². The molecule has 0 saturated heterocycles. The lowest BCUT2D eigenvalue weighted by molar-refractivity contribution is -0.0841. The Labute approximate surface area is 108 Å². The molecule has 1 aromatic rings. The summed E-state index contributed by atoms with van der Waals surface area (Å²) in [5, 5.41) is 0. The number of nitrogens with two attached hydrogens (primary N) is 1. The molecule has 0 bridgehead atoms. The number of halogens is 1. The highest BCUT2D eigenvalue weighted by atomic mass is 19.1. The van der Waals surface area contributed by atoms with Crippen molar-refractivity contribution in [1.82, 2.24) is 4.98 Å². The van der Waals surface area contributed by atoms with Gasteiger partial charge in [0, 0.05) is 12.7 Å². The summed E-state index contributed by atoms with van der Waals surface area (Å²) in [5.74, 6) is 0.322. The Bertz CT molecular complexity index is 399. The van der Waals surface area contributed by atoms with Crippen LogP contribution in [0, 0.1) is 11.7 Å². The topological polar surface area (TPSA) is 48.1 Å². The highest BCUT2D eigenvalue weighted by Crippen LogP contribution is 2.35. The molecule has 0 aromatic carbocycles. The zero-order valence-electron chi connectivity index (χ0n) is 10.9. The predicted octanol–water partition coefficient (Wildman–Crippen LogP) is 2.64. The van der Waals surface area contributed by atoms with Crippen molar-refractivity contribution in [1.29, 1.82) is 0 Å². The lowest BCUT2D eigenvalue weighted by Crippen LogP contribution is -2.44. The molecule has 2 N–H and O–H groups in total. The lowest BCUT2D eigenvalue weighted by atomic mass is 9.79. The highest BCUT2D eigenvalue weighted by Gasteiger charge is 2.34. The summed E-state index contributed by atoms with van der Waals surface area (Å²) >= 11 is 0. The maximum atomic E-state index is 13.0. The predicted molar refractivity (Wildman–Crippen MR) is 68.4 cm³/mol. The van der Waals surface area contributed by atoms with E-state index in [4.69, 9.17) is 10.5 Å². The van der Waals surface area contributed by atoms with E-state index in [1.54, 1.807) is 6.20 Å². The van der Waals surface area contributed by atoms with Crippen molar-refractivity contribution in [2.45, 2.75) is 44.8 Å². The average Bonchev–Trinajstić information content (AvgIpc) is 2.37. The fraction of sp³-hybridized carbons (Fsp3) is 0.643. The minimum atomic E-state index is -0.324. The summed E-state index contributed by atoms with van der Waals surface area (Å²) in [6.45, 7) is 3.14. The van der Waals surface area contributed by atoms with Crippen LogP contribution >= 0.6 is 0 Å². The van der Waals surface area contributed by atoms with Gasteiger partial charge in [-0.1, -0.05) is 19.8 Å². The molecule has 2 atom stereocenters. The van der Waals surface area contributed by atoms with Gasteiger partial charge in [0.05, 0.1) is 18.4 Å². The van der Waals surface area contributed by atoms with Crippen LogP contribution in [-0.2, 0) is 11.3 Å². The van der Waals surface area contributed by atoms with Crippen molar-refractivity contribution in [2.75, 3.05) is 6.54 Å². The first-order chi connectivity index (χ1) is 8.63. The maximum Gasteiger partial charge on any atom is 0.141 e. The van der Waals surface area contributed by atoms with E-state index in [0.29, 0.717) is 19.1 Å². The number of hydrogen-bond acceptors (Lipinski definition) is 3. The van der Waals surface area contributed by atoms with Crippen LogP contribution in [0.15, 0.2) is 18.5 Å². The van der Waals surface area contributed by atoms with Crippen LogP contribution in [0.1, 0.15) is 38.2 Å². The largest absolute Gasteiger partial charge is 0.369 e. The molecule has 1 saturated carbocycles. The highest BCUT2D eigenvalue weighted by molar-refractivity contribution is 5.09. The van der Waals surface area contributed by atoms with Gasteiger partial charge in [-0.2, -0.15) is 0 Å². The minimum absolute atomic E-state index is 0.232. The van der Waals surface area contributed by atoms with Crippen molar-refractivity contribution in [3.8, 4) is 0 Å². The van der Waals surface area contributed by atoms with Gasteiger partial charge in [0.25, 0.3) is 0 Å². The molecule has 2 rings (SSSR count). The van der Waals surface area contributed by atoms with E-state index in [0.717, 1.165) is 24.8 Å². The first-order valence-corrected chi connectivity index (χ1v) is 6.57. The number of pyridine rings is 1. The molecule has 0 aliphatic heterocycles. The van der Waals surface area contributed by atoms with Crippen LogP contribution in [-0.4, -0.2) is 17.1 Å². The van der Waals surface area contributed by atoms with Crippen LogP contribution in [0.4, 0.5) is 4.39 Å². The standard InChI is InChI=1S/C14H21FN2O/c1-11-3-2-4-14(6-11,10-16)18-9-12-5-13(15)8-17-7-12/h5,7-8,11H,2-4,6,9-10,16H2,1H3. The SMILES string of the molecule is CC1CCCC(CN)(OCc2cncc(F)c2)C1. The summed E-state index contributed by atoms with van der Waals surface area (Å²) in [7, 11) is 0. The smallest absolute Gasteiger partial charge is 0.141 e. The lowest BCUT2D eigenvalue weighted by Gasteiger charge is -2.39. The van der Waals surface area contributed by atoms with E-state index in [1.165, 1.54) is 18.7 Å². The van der Waals surface area contributed by atoms with E-state index in [-0.39, 0.29) is 11.4 Å². The molecule has 1 aliphatic carbocycles. The van der Waals surface area contributed by atoms with Crippen LogP contribution < -0.4 is 5.73 Å². The van der Waals surface area contributed by atoms with E-state index < -0.39 is 0 Å². The average molecular weight is 252 g/mol. The van der Waals surface area contributed by atoms with Crippen molar-refractivity contribution in [3.05, 3.63) is 29.8 Å². The van der Waals surface area contributed by atoms with Gasteiger partial charge in [-0.15, -0.1) is 0 Å². The van der Waals surface area contributed by atoms with Gasteiger partial charge in [0.2, 0.25) is 0 Å². The third-order valence-electron chi connectivity index (χ3n) is 3.73. The fourth-order valence-electron chi connectivity index (χ4n) is 2.76. The Morgan fingerprint density at radius 3 is 3.06 bits per heavy atom. The molecule has 3 nitrogen and oxygen atoms in total. The summed E-state index contributed by atoms with van der Waals surface area (Å²) in [5.41, 5.74) is 6.41. The Hall–Kier alpha value is -1.00. The zero-order valence-corrected chi connectivity index (χ0v) is 10.9. The van der Waals surface area contributed by atoms with E-state index in [2.05, 4.69) is 11.9 Å². The maximum absolute atomic E-state index is 13.0. The Morgan fingerprint density at radius 2 is 2.39 bits per heavy atom. The third kappa shape index (κ3) is 3.27. The third-order valence-corrected chi connectivity index (χ3v) is 3.73. The summed E-state index contributed by atoms with van der Waals surface area (Å²) < 4.78 is 19.0. The molecule has 1 aliphatic rings. The molecule has 1 heterocycles. The fourth-order valence-corrected chi connectivity index (χ4v) is 2.76. The Kier molecular flexibility index (Phi) is 4.30. The molecule has 100 valence electrons. The molecular weight excluding hydrogens is 231 g/mol. The molecule has 18 heavy (non-hydrogen) atoms. The number of hydrogen-bond donors (Lipinski definition) is 1.